The van der Waals surface area contributed by atoms with Crippen LogP contribution >= 0.6 is 0 Å². The van der Waals surface area contributed by atoms with Crippen LogP contribution in [-0.4, -0.2) is 37.3 Å². The van der Waals surface area contributed by atoms with Crippen molar-refractivity contribution in [3.8, 4) is 0 Å². The molecule has 1 atom stereocenters. The van der Waals surface area contributed by atoms with E-state index in [1.165, 1.54) is 6.20 Å². The van der Waals surface area contributed by atoms with Crippen molar-refractivity contribution in [3.05, 3.63) is 47.9 Å². The molecular weight excluding hydrogens is 380 g/mol. The van der Waals surface area contributed by atoms with E-state index in [9.17, 15) is 8.42 Å². The van der Waals surface area contributed by atoms with Gasteiger partial charge in [0.05, 0.1) is 11.3 Å². The largest absolute Gasteiger partial charge is 0.371 e. The molecule has 2 aromatic rings. The van der Waals surface area contributed by atoms with E-state index < -0.39 is 20.9 Å². The minimum Gasteiger partial charge on any atom is -0.371 e. The van der Waals surface area contributed by atoms with Crippen molar-refractivity contribution in [1.82, 2.24) is 9.97 Å². The van der Waals surface area contributed by atoms with Crippen molar-refractivity contribution in [2.45, 2.75) is 24.3 Å². The smallest absolute Gasteiger partial charge is 0.256 e. The van der Waals surface area contributed by atoms with Crippen molar-refractivity contribution in [3.63, 3.8) is 0 Å². The Balaban J connectivity index is 1.94. The van der Waals surface area contributed by atoms with Gasteiger partial charge in [0.15, 0.2) is 10.9 Å². The first kappa shape index (κ1) is 19.8. The number of nitrogens with two attached hydrogens (primary N) is 2. The van der Waals surface area contributed by atoms with E-state index in [4.69, 9.17) is 16.4 Å². The lowest BCUT2D eigenvalue weighted by molar-refractivity contribution is 0.412. The van der Waals surface area contributed by atoms with Gasteiger partial charge >= 0.3 is 0 Å². The zero-order valence-electron chi connectivity index (χ0n) is 15.2. The van der Waals surface area contributed by atoms with Crippen molar-refractivity contribution < 1.29 is 8.42 Å². The third-order valence-corrected chi connectivity index (χ3v) is 5.51. The number of amidine groups is 1. The lowest BCUT2D eigenvalue weighted by Gasteiger charge is -2.35. The number of hydrogen-bond acceptors (Lipinski definition) is 7. The second kappa shape index (κ2) is 8.40. The summed E-state index contributed by atoms with van der Waals surface area (Å²) in [5.74, 6) is 5.02. The molecule has 0 amide bonds. The fourth-order valence-corrected chi connectivity index (χ4v) is 4.24. The molecule has 5 N–H and O–H groups in total. The van der Waals surface area contributed by atoms with Crippen LogP contribution in [0.5, 0.6) is 0 Å². The highest BCUT2D eigenvalue weighted by molar-refractivity contribution is 7.89. The van der Waals surface area contributed by atoms with E-state index in [0.717, 1.165) is 31.4 Å². The Morgan fingerprint density at radius 3 is 2.86 bits per heavy atom. The number of primary sulfonamides is 1. The Morgan fingerprint density at radius 1 is 1.36 bits per heavy atom. The normalized spacial score (nSPS) is 17.8. The van der Waals surface area contributed by atoms with E-state index in [-0.39, 0.29) is 5.56 Å². The van der Waals surface area contributed by atoms with Gasteiger partial charge < -0.3 is 10.7 Å². The summed E-state index contributed by atoms with van der Waals surface area (Å²) in [4.78, 5) is 10.1. The fourth-order valence-electron chi connectivity index (χ4n) is 3.55. The molecular formula is C17H22N8O2S. The van der Waals surface area contributed by atoms with E-state index in [2.05, 4.69) is 20.3 Å². The zero-order valence-corrected chi connectivity index (χ0v) is 16.0. The molecule has 0 aromatic carbocycles. The third kappa shape index (κ3) is 4.49. The molecule has 0 bridgehead atoms. The Hall–Kier alpha value is -2.92. The Morgan fingerprint density at radius 2 is 2.18 bits per heavy atom. The molecule has 11 heteroatoms. The Labute approximate surface area is 163 Å². The average Bonchev–Trinajstić information content (AvgIpc) is 2.68. The van der Waals surface area contributed by atoms with Gasteiger partial charge in [-0.15, -0.1) is 5.11 Å². The highest BCUT2D eigenvalue weighted by atomic mass is 32.2. The predicted molar refractivity (Wildman–Crippen MR) is 104 cm³/mol. The van der Waals surface area contributed by atoms with Crippen LogP contribution in [0.4, 0.5) is 5.69 Å². The molecule has 1 unspecified atom stereocenters. The van der Waals surface area contributed by atoms with Gasteiger partial charge in [0.2, 0.25) is 0 Å². The van der Waals surface area contributed by atoms with Gasteiger partial charge in [0.25, 0.3) is 10.0 Å². The van der Waals surface area contributed by atoms with Gasteiger partial charge in [-0.1, -0.05) is 11.3 Å². The number of piperidine rings is 1. The molecule has 3 rings (SSSR count). The number of aromatic nitrogens is 2. The maximum Gasteiger partial charge on any atom is 0.256 e. The average molecular weight is 402 g/mol. The number of rotatable bonds is 5. The summed E-state index contributed by atoms with van der Waals surface area (Å²) in [6, 6.07) is 5.62. The first-order valence-electron chi connectivity index (χ1n) is 8.75. The van der Waals surface area contributed by atoms with E-state index in [0.29, 0.717) is 18.2 Å². The summed E-state index contributed by atoms with van der Waals surface area (Å²) in [6.45, 7) is 1.42. The summed E-state index contributed by atoms with van der Waals surface area (Å²) in [5.41, 5.74) is 1.70. The van der Waals surface area contributed by atoms with Gasteiger partial charge in [0, 0.05) is 31.7 Å². The summed E-state index contributed by atoms with van der Waals surface area (Å²) in [7, 11) is -4.15. The molecule has 0 saturated carbocycles. The fraction of sp³-hybridized carbons (Fsp3) is 0.353. The topological polar surface area (TPSA) is 164 Å². The molecule has 10 nitrogen and oxygen atoms in total. The second-order valence-electron chi connectivity index (χ2n) is 6.64. The van der Waals surface area contributed by atoms with Crippen molar-refractivity contribution >= 4 is 21.5 Å². The summed E-state index contributed by atoms with van der Waals surface area (Å²) in [5, 5.41) is 19.6. The lowest BCUT2D eigenvalue weighted by atomic mass is 9.91. The van der Waals surface area contributed by atoms with Crippen molar-refractivity contribution in [2.24, 2.45) is 27.2 Å². The van der Waals surface area contributed by atoms with Crippen LogP contribution in [0.2, 0.25) is 0 Å². The third-order valence-electron chi connectivity index (χ3n) is 4.67. The van der Waals surface area contributed by atoms with Crippen molar-refractivity contribution in [1.29, 1.82) is 5.41 Å². The highest BCUT2D eigenvalue weighted by Crippen LogP contribution is 2.30. The number of nitrogens with zero attached hydrogens (tertiary/aromatic N) is 5. The summed E-state index contributed by atoms with van der Waals surface area (Å²) >= 11 is 0. The van der Waals surface area contributed by atoms with Crippen LogP contribution in [0.25, 0.3) is 0 Å². The molecule has 0 aliphatic carbocycles. The van der Waals surface area contributed by atoms with Crippen molar-refractivity contribution in [2.75, 3.05) is 18.0 Å². The Bertz CT molecular complexity index is 978. The number of hydrogen-bond donors (Lipinski definition) is 3. The van der Waals surface area contributed by atoms with Crippen LogP contribution in [0.1, 0.15) is 24.0 Å². The number of nitrogens with one attached hydrogen (secondary N) is 1. The molecule has 1 aliphatic heterocycles. The first-order valence-corrected chi connectivity index (χ1v) is 10.3. The Kier molecular flexibility index (Phi) is 5.95. The van der Waals surface area contributed by atoms with Crippen LogP contribution in [0.3, 0.4) is 0 Å². The molecule has 28 heavy (non-hydrogen) atoms. The quantitative estimate of drug-likeness (QED) is 0.224. The minimum absolute atomic E-state index is 0.0150. The maximum absolute atomic E-state index is 12.0. The van der Waals surface area contributed by atoms with Crippen LogP contribution in [0.15, 0.2) is 52.2 Å². The van der Waals surface area contributed by atoms with Gasteiger partial charge in [0.1, 0.15) is 0 Å². The molecule has 1 saturated heterocycles. The van der Waals surface area contributed by atoms with Gasteiger partial charge in [-0.3, -0.25) is 10.4 Å². The zero-order chi connectivity index (χ0) is 20.1. The lowest BCUT2D eigenvalue weighted by Crippen LogP contribution is -2.37. The number of pyridine rings is 2. The van der Waals surface area contributed by atoms with Gasteiger partial charge in [-0.25, -0.2) is 18.5 Å². The van der Waals surface area contributed by atoms with E-state index in [1.54, 1.807) is 12.3 Å². The van der Waals surface area contributed by atoms with Crippen LogP contribution < -0.4 is 15.9 Å². The molecule has 148 valence electrons. The predicted octanol–water partition coefficient (Wildman–Crippen LogP) is 1.23. The summed E-state index contributed by atoms with van der Waals surface area (Å²) in [6.07, 6.45) is 7.82. The number of anilines is 1. The second-order valence-corrected chi connectivity index (χ2v) is 8.12. The summed E-state index contributed by atoms with van der Waals surface area (Å²) < 4.78 is 24.0. The molecule has 0 radical (unpaired) electrons. The monoisotopic (exact) mass is 402 g/mol. The molecule has 2 aromatic heterocycles. The van der Waals surface area contributed by atoms with E-state index in [1.807, 2.05) is 23.2 Å². The molecule has 0 spiro atoms. The first-order chi connectivity index (χ1) is 13.4. The molecule has 1 aliphatic rings. The van der Waals surface area contributed by atoms with Crippen LogP contribution in [-0.2, 0) is 16.4 Å². The van der Waals surface area contributed by atoms with Gasteiger partial charge in [-0.2, -0.15) is 0 Å². The van der Waals surface area contributed by atoms with Crippen LogP contribution in [0, 0.1) is 11.3 Å². The number of sulfonamides is 1. The highest BCUT2D eigenvalue weighted by Gasteiger charge is 2.28. The SMILES string of the molecule is N=C(N=NN)c1c(N2CCCC(Cc3cccnc3)C2)ccnc1S(N)(=O)=O. The van der Waals surface area contributed by atoms with E-state index >= 15 is 0 Å². The van der Waals surface area contributed by atoms with Gasteiger partial charge in [-0.05, 0) is 42.9 Å². The molecule has 1 fully saturated rings. The molecule has 3 heterocycles. The minimum atomic E-state index is -4.15. The standard InChI is InChI=1S/C17H22N8O2S/c18-16(23-24-19)15-14(5-7-22-17(15)28(20,26)27)25-8-2-4-13(11-25)9-12-3-1-6-21-10-12/h1,3,5-7,10,13H,2,4,8-9,11H2,(H3,18,19,23)(H2,20,26,27). The maximum atomic E-state index is 12.0.